The van der Waals surface area contributed by atoms with E-state index in [1.165, 1.54) is 12.1 Å². The van der Waals surface area contributed by atoms with Crippen LogP contribution in [-0.4, -0.2) is 67.2 Å². The van der Waals surface area contributed by atoms with Crippen molar-refractivity contribution in [3.05, 3.63) is 35.6 Å². The highest BCUT2D eigenvalue weighted by Gasteiger charge is 2.37. The summed E-state index contributed by atoms with van der Waals surface area (Å²) >= 11 is 0. The van der Waals surface area contributed by atoms with Gasteiger partial charge in [-0.2, -0.15) is 0 Å². The number of carbonyl (C=O) groups is 2. The van der Waals surface area contributed by atoms with Crippen LogP contribution in [0.4, 0.5) is 4.39 Å². The lowest BCUT2D eigenvalue weighted by Gasteiger charge is -2.36. The van der Waals surface area contributed by atoms with Crippen molar-refractivity contribution in [2.45, 2.75) is 32.2 Å². The van der Waals surface area contributed by atoms with Crippen LogP contribution in [0.15, 0.2) is 24.3 Å². The Morgan fingerprint density at radius 3 is 2.41 bits per heavy atom. The Kier molecular flexibility index (Phi) is 5.83. The lowest BCUT2D eigenvalue weighted by molar-refractivity contribution is -0.138. The number of nitrogens with zero attached hydrogens (tertiary/aromatic N) is 2. The zero-order valence-electron chi connectivity index (χ0n) is 15.4. The first kappa shape index (κ1) is 19.8. The fraction of sp³-hybridized carbons (Fsp3) is 0.579. The molecule has 1 unspecified atom stereocenters. The van der Waals surface area contributed by atoms with Gasteiger partial charge in [-0.15, -0.1) is 0 Å². The summed E-state index contributed by atoms with van der Waals surface area (Å²) in [5.41, 5.74) is 0.0497. The number of amides is 2. The van der Waals surface area contributed by atoms with Gasteiger partial charge in [0.1, 0.15) is 5.82 Å². The second-order valence-electron chi connectivity index (χ2n) is 7.23. The molecule has 1 atom stereocenters. The van der Waals surface area contributed by atoms with Gasteiger partial charge in [-0.3, -0.25) is 9.59 Å². The predicted octanol–water partition coefficient (Wildman–Crippen LogP) is 1.71. The van der Waals surface area contributed by atoms with E-state index >= 15 is 0 Å². The minimum absolute atomic E-state index is 0.0300. The molecule has 0 radical (unpaired) electrons. The summed E-state index contributed by atoms with van der Waals surface area (Å²) in [6, 6.07) is 5.65. The van der Waals surface area contributed by atoms with E-state index in [1.54, 1.807) is 21.9 Å². The normalized spacial score (nSPS) is 22.6. The molecule has 6 nitrogen and oxygen atoms in total. The molecular formula is C19H25FN2O4S. The SMILES string of the molecule is CCN(C(=O)C1CCN(C(=O)c2ccccc2F)CC1)C1CCS(=O)(=O)C1. The molecule has 2 heterocycles. The molecule has 1 aromatic carbocycles. The Balaban J connectivity index is 1.60. The van der Waals surface area contributed by atoms with Gasteiger partial charge in [-0.05, 0) is 38.3 Å². The Morgan fingerprint density at radius 2 is 1.85 bits per heavy atom. The topological polar surface area (TPSA) is 74.8 Å². The third kappa shape index (κ3) is 4.31. The van der Waals surface area contributed by atoms with Crippen LogP contribution in [0, 0.1) is 11.7 Å². The minimum atomic E-state index is -3.05. The van der Waals surface area contributed by atoms with Crippen molar-refractivity contribution >= 4 is 21.7 Å². The van der Waals surface area contributed by atoms with Gasteiger partial charge in [-0.25, -0.2) is 12.8 Å². The van der Waals surface area contributed by atoms with Crippen molar-refractivity contribution in [3.8, 4) is 0 Å². The fourth-order valence-electron chi connectivity index (χ4n) is 3.98. The molecule has 2 fully saturated rings. The standard InChI is InChI=1S/C19H25FN2O4S/c1-2-22(15-9-12-27(25,26)13-15)18(23)14-7-10-21(11-8-14)19(24)16-5-3-4-6-17(16)20/h3-6,14-15H,2,7-13H2,1H3. The summed E-state index contributed by atoms with van der Waals surface area (Å²) in [5.74, 6) is -0.974. The molecule has 27 heavy (non-hydrogen) atoms. The summed E-state index contributed by atoms with van der Waals surface area (Å²) in [5, 5.41) is 0. The van der Waals surface area contributed by atoms with E-state index in [0.29, 0.717) is 38.9 Å². The largest absolute Gasteiger partial charge is 0.339 e. The number of benzene rings is 1. The molecule has 0 N–H and O–H groups in total. The number of halogens is 1. The van der Waals surface area contributed by atoms with Gasteiger partial charge in [-0.1, -0.05) is 12.1 Å². The first-order chi connectivity index (χ1) is 12.8. The second-order valence-corrected chi connectivity index (χ2v) is 9.46. The second kappa shape index (κ2) is 7.96. The molecule has 0 aliphatic carbocycles. The molecule has 0 aromatic heterocycles. The summed E-state index contributed by atoms with van der Waals surface area (Å²) < 4.78 is 37.3. The molecule has 2 aliphatic rings. The van der Waals surface area contributed by atoms with E-state index in [2.05, 4.69) is 0 Å². The third-order valence-electron chi connectivity index (χ3n) is 5.51. The van der Waals surface area contributed by atoms with Crippen molar-refractivity contribution in [2.75, 3.05) is 31.1 Å². The number of likely N-dealkylation sites (tertiary alicyclic amines) is 1. The van der Waals surface area contributed by atoms with E-state index in [0.717, 1.165) is 0 Å². The lowest BCUT2D eigenvalue weighted by Crippen LogP contribution is -2.48. The minimum Gasteiger partial charge on any atom is -0.339 e. The molecule has 0 spiro atoms. The highest BCUT2D eigenvalue weighted by atomic mass is 32.2. The van der Waals surface area contributed by atoms with Crippen LogP contribution in [0.1, 0.15) is 36.5 Å². The molecular weight excluding hydrogens is 371 g/mol. The van der Waals surface area contributed by atoms with Crippen LogP contribution in [0.5, 0.6) is 0 Å². The molecule has 148 valence electrons. The first-order valence-corrected chi connectivity index (χ1v) is 11.2. The number of hydrogen-bond acceptors (Lipinski definition) is 4. The molecule has 8 heteroatoms. The highest BCUT2D eigenvalue weighted by Crippen LogP contribution is 2.25. The van der Waals surface area contributed by atoms with Crippen LogP contribution >= 0.6 is 0 Å². The lowest BCUT2D eigenvalue weighted by atomic mass is 9.94. The van der Waals surface area contributed by atoms with Gasteiger partial charge in [0.05, 0.1) is 17.1 Å². The van der Waals surface area contributed by atoms with Gasteiger partial charge in [0.25, 0.3) is 5.91 Å². The third-order valence-corrected chi connectivity index (χ3v) is 7.26. The van der Waals surface area contributed by atoms with Crippen LogP contribution in [0.2, 0.25) is 0 Å². The number of rotatable bonds is 4. The molecule has 2 saturated heterocycles. The van der Waals surface area contributed by atoms with Crippen LogP contribution in [0.25, 0.3) is 0 Å². The van der Waals surface area contributed by atoms with Gasteiger partial charge in [0.2, 0.25) is 5.91 Å². The Bertz CT molecular complexity index is 819. The van der Waals surface area contributed by atoms with Gasteiger partial charge in [0, 0.05) is 31.6 Å². The average molecular weight is 396 g/mol. The maximum absolute atomic E-state index is 13.8. The van der Waals surface area contributed by atoms with E-state index < -0.39 is 15.7 Å². The van der Waals surface area contributed by atoms with Gasteiger partial charge in [0.15, 0.2) is 9.84 Å². The van der Waals surface area contributed by atoms with Crippen molar-refractivity contribution in [1.82, 2.24) is 9.80 Å². The van der Waals surface area contributed by atoms with Gasteiger partial charge < -0.3 is 9.80 Å². The van der Waals surface area contributed by atoms with Crippen molar-refractivity contribution in [1.29, 1.82) is 0 Å². The summed E-state index contributed by atoms with van der Waals surface area (Å²) in [7, 11) is -3.05. The average Bonchev–Trinajstić information content (AvgIpc) is 3.01. The van der Waals surface area contributed by atoms with Crippen molar-refractivity contribution < 1.29 is 22.4 Å². The van der Waals surface area contributed by atoms with E-state index in [1.807, 2.05) is 6.92 Å². The van der Waals surface area contributed by atoms with Crippen molar-refractivity contribution in [2.24, 2.45) is 5.92 Å². The summed E-state index contributed by atoms with van der Waals surface area (Å²) in [6.07, 6.45) is 1.51. The number of piperidine rings is 1. The zero-order valence-corrected chi connectivity index (χ0v) is 16.3. The number of hydrogen-bond donors (Lipinski definition) is 0. The summed E-state index contributed by atoms with van der Waals surface area (Å²) in [4.78, 5) is 28.7. The van der Waals surface area contributed by atoms with E-state index in [9.17, 15) is 22.4 Å². The maximum atomic E-state index is 13.8. The highest BCUT2D eigenvalue weighted by molar-refractivity contribution is 7.91. The smallest absolute Gasteiger partial charge is 0.256 e. The fourth-order valence-corrected chi connectivity index (χ4v) is 5.71. The van der Waals surface area contributed by atoms with E-state index in [4.69, 9.17) is 0 Å². The van der Waals surface area contributed by atoms with Crippen LogP contribution in [-0.2, 0) is 14.6 Å². The molecule has 3 rings (SSSR count). The summed E-state index contributed by atoms with van der Waals surface area (Å²) in [6.45, 7) is 3.13. The molecule has 2 amide bonds. The van der Waals surface area contributed by atoms with Crippen molar-refractivity contribution in [3.63, 3.8) is 0 Å². The van der Waals surface area contributed by atoms with Gasteiger partial charge >= 0.3 is 0 Å². The zero-order chi connectivity index (χ0) is 19.6. The molecule has 0 saturated carbocycles. The molecule has 2 aliphatic heterocycles. The monoisotopic (exact) mass is 396 g/mol. The van der Waals surface area contributed by atoms with E-state index in [-0.39, 0.29) is 40.8 Å². The van der Waals surface area contributed by atoms with Crippen LogP contribution in [0.3, 0.4) is 0 Å². The Labute approximate surface area is 159 Å². The quantitative estimate of drug-likeness (QED) is 0.777. The Hall–Kier alpha value is -1.96. The number of sulfone groups is 1. The first-order valence-electron chi connectivity index (χ1n) is 9.37. The molecule has 1 aromatic rings. The predicted molar refractivity (Wildman–Crippen MR) is 99.5 cm³/mol. The Morgan fingerprint density at radius 1 is 1.19 bits per heavy atom. The molecule has 0 bridgehead atoms. The maximum Gasteiger partial charge on any atom is 0.256 e. The number of carbonyl (C=O) groups excluding carboxylic acids is 2. The van der Waals surface area contributed by atoms with Crippen LogP contribution < -0.4 is 0 Å².